The maximum Gasteiger partial charge on any atom is 0.249 e. The maximum absolute atomic E-state index is 12.7. The Balaban J connectivity index is 1.87. The molecule has 1 aromatic heterocycles. The van der Waals surface area contributed by atoms with Gasteiger partial charge in [0, 0.05) is 5.38 Å². The van der Waals surface area contributed by atoms with Crippen molar-refractivity contribution in [2.24, 2.45) is 5.92 Å². The van der Waals surface area contributed by atoms with Crippen LogP contribution in [0.15, 0.2) is 10.9 Å². The number of carbonyl (C=O) groups is 2. The predicted octanol–water partition coefficient (Wildman–Crippen LogP) is 1.16. The molecule has 6 heteroatoms. The van der Waals surface area contributed by atoms with E-state index in [1.807, 2.05) is 12.3 Å². The highest BCUT2D eigenvalue weighted by atomic mass is 32.1. The molecular formula is C13H17N3O2S. The van der Waals surface area contributed by atoms with E-state index in [1.54, 1.807) is 17.3 Å². The predicted molar refractivity (Wildman–Crippen MR) is 71.4 cm³/mol. The van der Waals surface area contributed by atoms with Crippen LogP contribution in [0.4, 0.5) is 0 Å². The van der Waals surface area contributed by atoms with Crippen molar-refractivity contribution in [3.63, 3.8) is 0 Å². The maximum atomic E-state index is 12.7. The van der Waals surface area contributed by atoms with E-state index < -0.39 is 11.6 Å². The normalized spacial score (nSPS) is 31.5. The SMILES string of the molecule is CC1C(=O)NC(C)(C2CC2)C(=O)N1Cc1cscn1. The zero-order valence-corrected chi connectivity index (χ0v) is 11.9. The van der Waals surface area contributed by atoms with Crippen molar-refractivity contribution in [2.75, 3.05) is 0 Å². The minimum atomic E-state index is -0.723. The van der Waals surface area contributed by atoms with Gasteiger partial charge in [0.2, 0.25) is 11.8 Å². The fraction of sp³-hybridized carbons (Fsp3) is 0.615. The Kier molecular flexibility index (Phi) is 2.85. The van der Waals surface area contributed by atoms with E-state index >= 15 is 0 Å². The molecule has 2 unspecified atom stereocenters. The summed E-state index contributed by atoms with van der Waals surface area (Å²) in [6, 6.07) is -0.430. The molecule has 1 saturated carbocycles. The lowest BCUT2D eigenvalue weighted by atomic mass is 9.89. The van der Waals surface area contributed by atoms with E-state index in [-0.39, 0.29) is 17.7 Å². The van der Waals surface area contributed by atoms with Crippen molar-refractivity contribution >= 4 is 23.2 Å². The summed E-state index contributed by atoms with van der Waals surface area (Å²) in [6.07, 6.45) is 2.03. The van der Waals surface area contributed by atoms with Crippen molar-refractivity contribution < 1.29 is 9.59 Å². The minimum absolute atomic E-state index is 0.0232. The molecule has 0 bridgehead atoms. The second-order valence-corrected chi connectivity index (χ2v) is 6.27. The summed E-state index contributed by atoms with van der Waals surface area (Å²) >= 11 is 1.50. The van der Waals surface area contributed by atoms with Crippen LogP contribution in [0, 0.1) is 5.92 Å². The first-order valence-electron chi connectivity index (χ1n) is 6.52. The van der Waals surface area contributed by atoms with Gasteiger partial charge in [0.25, 0.3) is 0 Å². The summed E-state index contributed by atoms with van der Waals surface area (Å²) in [7, 11) is 0. The van der Waals surface area contributed by atoms with E-state index in [4.69, 9.17) is 0 Å². The van der Waals surface area contributed by atoms with Gasteiger partial charge in [0.15, 0.2) is 0 Å². The first-order valence-corrected chi connectivity index (χ1v) is 7.47. The molecule has 1 N–H and O–H groups in total. The van der Waals surface area contributed by atoms with Crippen molar-refractivity contribution in [1.82, 2.24) is 15.2 Å². The van der Waals surface area contributed by atoms with Crippen molar-refractivity contribution in [1.29, 1.82) is 0 Å². The Bertz CT molecular complexity index is 512. The Hall–Kier alpha value is -1.43. The monoisotopic (exact) mass is 279 g/mol. The number of piperazine rings is 1. The molecule has 19 heavy (non-hydrogen) atoms. The third-order valence-corrected chi connectivity index (χ3v) is 4.78. The second-order valence-electron chi connectivity index (χ2n) is 5.55. The number of hydrogen-bond donors (Lipinski definition) is 1. The summed E-state index contributed by atoms with van der Waals surface area (Å²) in [5, 5.41) is 4.83. The summed E-state index contributed by atoms with van der Waals surface area (Å²) in [6.45, 7) is 4.04. The van der Waals surface area contributed by atoms with Crippen LogP contribution in [0.25, 0.3) is 0 Å². The number of rotatable bonds is 3. The summed E-state index contributed by atoms with van der Waals surface area (Å²) in [5.41, 5.74) is 1.87. The molecular weight excluding hydrogens is 262 g/mol. The smallest absolute Gasteiger partial charge is 0.249 e. The van der Waals surface area contributed by atoms with Crippen LogP contribution >= 0.6 is 11.3 Å². The standard InChI is InChI=1S/C13H17N3O2S/c1-8-11(17)15-13(2,9-3-4-9)12(18)16(8)5-10-6-19-7-14-10/h6-9H,3-5H2,1-2H3,(H,15,17). The summed E-state index contributed by atoms with van der Waals surface area (Å²) in [5.74, 6) is 0.244. The van der Waals surface area contributed by atoms with Crippen LogP contribution in [-0.2, 0) is 16.1 Å². The fourth-order valence-electron chi connectivity index (χ4n) is 2.67. The van der Waals surface area contributed by atoms with Crippen molar-refractivity contribution in [3.05, 3.63) is 16.6 Å². The van der Waals surface area contributed by atoms with Crippen LogP contribution in [0.5, 0.6) is 0 Å². The van der Waals surface area contributed by atoms with Gasteiger partial charge in [-0.05, 0) is 32.6 Å². The van der Waals surface area contributed by atoms with E-state index in [9.17, 15) is 9.59 Å². The molecule has 102 valence electrons. The molecule has 1 saturated heterocycles. The number of thiazole rings is 1. The highest BCUT2D eigenvalue weighted by Gasteiger charge is 2.54. The summed E-state index contributed by atoms with van der Waals surface area (Å²) < 4.78 is 0. The van der Waals surface area contributed by atoms with Gasteiger partial charge in [-0.2, -0.15) is 0 Å². The highest BCUT2D eigenvalue weighted by Crippen LogP contribution is 2.42. The molecule has 2 amide bonds. The van der Waals surface area contributed by atoms with Gasteiger partial charge in [-0.1, -0.05) is 0 Å². The zero-order valence-electron chi connectivity index (χ0n) is 11.0. The molecule has 0 aromatic carbocycles. The highest BCUT2D eigenvalue weighted by molar-refractivity contribution is 7.07. The number of carbonyl (C=O) groups excluding carboxylic acids is 2. The average Bonchev–Trinajstić information content (AvgIpc) is 3.12. The molecule has 0 spiro atoms. The van der Waals surface area contributed by atoms with Crippen LogP contribution < -0.4 is 5.32 Å². The lowest BCUT2D eigenvalue weighted by molar-refractivity contribution is -0.155. The average molecular weight is 279 g/mol. The van der Waals surface area contributed by atoms with Crippen molar-refractivity contribution in [3.8, 4) is 0 Å². The number of amides is 2. The van der Waals surface area contributed by atoms with Gasteiger partial charge in [0.05, 0.1) is 17.7 Å². The molecule has 1 aromatic rings. The van der Waals surface area contributed by atoms with Gasteiger partial charge in [0.1, 0.15) is 11.6 Å². The summed E-state index contributed by atoms with van der Waals surface area (Å²) in [4.78, 5) is 30.7. The largest absolute Gasteiger partial charge is 0.340 e. The van der Waals surface area contributed by atoms with E-state index in [0.29, 0.717) is 6.54 Å². The topological polar surface area (TPSA) is 62.3 Å². The molecule has 2 aliphatic rings. The number of hydrogen-bond acceptors (Lipinski definition) is 4. The Morgan fingerprint density at radius 3 is 2.84 bits per heavy atom. The third-order valence-electron chi connectivity index (χ3n) is 4.14. The van der Waals surface area contributed by atoms with E-state index in [2.05, 4.69) is 10.3 Å². The molecule has 5 nitrogen and oxygen atoms in total. The van der Waals surface area contributed by atoms with E-state index in [0.717, 1.165) is 18.5 Å². The minimum Gasteiger partial charge on any atom is -0.340 e. The van der Waals surface area contributed by atoms with Crippen LogP contribution in [0.1, 0.15) is 32.4 Å². The molecule has 3 rings (SSSR count). The fourth-order valence-corrected chi connectivity index (χ4v) is 3.22. The molecule has 1 aliphatic carbocycles. The molecule has 2 fully saturated rings. The van der Waals surface area contributed by atoms with Gasteiger partial charge in [-0.3, -0.25) is 9.59 Å². The Morgan fingerprint density at radius 2 is 2.26 bits per heavy atom. The lowest BCUT2D eigenvalue weighted by Gasteiger charge is -2.43. The zero-order chi connectivity index (χ0) is 13.6. The van der Waals surface area contributed by atoms with Crippen LogP contribution in [0.3, 0.4) is 0 Å². The molecule has 2 atom stereocenters. The molecule has 1 aliphatic heterocycles. The lowest BCUT2D eigenvalue weighted by Crippen LogP contribution is -2.69. The number of aromatic nitrogens is 1. The first kappa shape index (κ1) is 12.6. The van der Waals surface area contributed by atoms with Gasteiger partial charge in [-0.25, -0.2) is 4.98 Å². The van der Waals surface area contributed by atoms with Crippen LogP contribution in [-0.4, -0.2) is 33.3 Å². The number of nitrogens with zero attached hydrogens (tertiary/aromatic N) is 2. The second kappa shape index (κ2) is 4.30. The Morgan fingerprint density at radius 1 is 1.53 bits per heavy atom. The van der Waals surface area contributed by atoms with Gasteiger partial charge < -0.3 is 10.2 Å². The molecule has 2 heterocycles. The Labute approximate surface area is 116 Å². The van der Waals surface area contributed by atoms with Crippen LogP contribution in [0.2, 0.25) is 0 Å². The van der Waals surface area contributed by atoms with Gasteiger partial charge in [-0.15, -0.1) is 11.3 Å². The van der Waals surface area contributed by atoms with E-state index in [1.165, 1.54) is 11.3 Å². The number of nitrogens with one attached hydrogen (secondary N) is 1. The van der Waals surface area contributed by atoms with Gasteiger partial charge >= 0.3 is 0 Å². The first-order chi connectivity index (χ1) is 9.02. The quantitative estimate of drug-likeness (QED) is 0.903. The molecule has 0 radical (unpaired) electrons. The third kappa shape index (κ3) is 2.04. The van der Waals surface area contributed by atoms with Crippen molar-refractivity contribution in [2.45, 2.75) is 44.8 Å².